The van der Waals surface area contributed by atoms with Gasteiger partial charge in [0.05, 0.1) is 0 Å². The standard InChI is InChI=1S/C26H32N2/c1-4-10-24(11-5-1)16-19-27-20-23-28(21-17-25-12-6-2-7-13-25)22-18-26-14-8-3-9-15-26/h1-15,27H,16-23H2. The predicted molar refractivity (Wildman–Crippen MR) is 120 cm³/mol. The van der Waals surface area contributed by atoms with E-state index >= 15 is 0 Å². The van der Waals surface area contributed by atoms with Gasteiger partial charge in [0.15, 0.2) is 0 Å². The van der Waals surface area contributed by atoms with E-state index in [0.29, 0.717) is 0 Å². The second kappa shape index (κ2) is 12.1. The molecule has 0 unspecified atom stereocenters. The minimum absolute atomic E-state index is 1.04. The van der Waals surface area contributed by atoms with Gasteiger partial charge < -0.3 is 10.2 Å². The molecule has 0 bridgehead atoms. The van der Waals surface area contributed by atoms with Gasteiger partial charge in [-0.2, -0.15) is 0 Å². The second-order valence-electron chi connectivity index (χ2n) is 7.30. The van der Waals surface area contributed by atoms with E-state index in [2.05, 4.69) is 101 Å². The Hall–Kier alpha value is -2.42. The molecule has 0 saturated carbocycles. The maximum atomic E-state index is 3.62. The fourth-order valence-electron chi connectivity index (χ4n) is 3.44. The van der Waals surface area contributed by atoms with Crippen LogP contribution >= 0.6 is 0 Å². The van der Waals surface area contributed by atoms with Crippen LogP contribution in [0.4, 0.5) is 0 Å². The summed E-state index contributed by atoms with van der Waals surface area (Å²) >= 11 is 0. The number of nitrogens with zero attached hydrogens (tertiary/aromatic N) is 1. The van der Waals surface area contributed by atoms with E-state index in [4.69, 9.17) is 0 Å². The highest BCUT2D eigenvalue weighted by Crippen LogP contribution is 2.05. The zero-order valence-electron chi connectivity index (χ0n) is 16.8. The maximum absolute atomic E-state index is 3.62. The van der Waals surface area contributed by atoms with E-state index in [1.807, 2.05) is 0 Å². The number of nitrogens with one attached hydrogen (secondary N) is 1. The summed E-state index contributed by atoms with van der Waals surface area (Å²) in [6.07, 6.45) is 3.31. The molecule has 0 aliphatic heterocycles. The third kappa shape index (κ3) is 7.67. The molecule has 1 N–H and O–H groups in total. The fourth-order valence-corrected chi connectivity index (χ4v) is 3.44. The number of rotatable bonds is 12. The highest BCUT2D eigenvalue weighted by molar-refractivity contribution is 5.16. The van der Waals surface area contributed by atoms with E-state index in [1.165, 1.54) is 16.7 Å². The topological polar surface area (TPSA) is 15.3 Å². The summed E-state index contributed by atoms with van der Waals surface area (Å²) in [7, 11) is 0. The van der Waals surface area contributed by atoms with Gasteiger partial charge in [-0.25, -0.2) is 0 Å². The molecule has 0 radical (unpaired) electrons. The molecule has 146 valence electrons. The van der Waals surface area contributed by atoms with Crippen molar-refractivity contribution in [1.29, 1.82) is 0 Å². The van der Waals surface area contributed by atoms with Gasteiger partial charge in [0.25, 0.3) is 0 Å². The van der Waals surface area contributed by atoms with Crippen LogP contribution in [0, 0.1) is 0 Å². The molecule has 0 aromatic heterocycles. The van der Waals surface area contributed by atoms with Gasteiger partial charge in [-0.3, -0.25) is 0 Å². The molecule has 0 fully saturated rings. The molecule has 0 aliphatic rings. The molecule has 0 aliphatic carbocycles. The quantitative estimate of drug-likeness (QED) is 0.467. The minimum Gasteiger partial charge on any atom is -0.315 e. The molecule has 3 aromatic carbocycles. The average Bonchev–Trinajstić information content (AvgIpc) is 2.77. The molecule has 0 heterocycles. The third-order valence-corrected chi connectivity index (χ3v) is 5.16. The lowest BCUT2D eigenvalue weighted by Crippen LogP contribution is -2.35. The number of benzene rings is 3. The Morgan fingerprint density at radius 1 is 0.464 bits per heavy atom. The molecular formula is C26H32N2. The molecule has 2 heteroatoms. The van der Waals surface area contributed by atoms with E-state index < -0.39 is 0 Å². The Morgan fingerprint density at radius 3 is 1.36 bits per heavy atom. The van der Waals surface area contributed by atoms with Crippen LogP contribution in [0.25, 0.3) is 0 Å². The van der Waals surface area contributed by atoms with Crippen molar-refractivity contribution >= 4 is 0 Å². The van der Waals surface area contributed by atoms with Crippen molar-refractivity contribution in [2.45, 2.75) is 19.3 Å². The Morgan fingerprint density at radius 2 is 0.893 bits per heavy atom. The summed E-state index contributed by atoms with van der Waals surface area (Å²) in [4.78, 5) is 2.59. The van der Waals surface area contributed by atoms with Crippen LogP contribution in [0.1, 0.15) is 16.7 Å². The molecule has 0 atom stereocenters. The van der Waals surface area contributed by atoms with E-state index in [1.54, 1.807) is 0 Å². The second-order valence-corrected chi connectivity index (χ2v) is 7.30. The van der Waals surface area contributed by atoms with Crippen molar-refractivity contribution in [3.63, 3.8) is 0 Å². The van der Waals surface area contributed by atoms with Crippen molar-refractivity contribution in [3.05, 3.63) is 108 Å². The van der Waals surface area contributed by atoms with Gasteiger partial charge >= 0.3 is 0 Å². The van der Waals surface area contributed by atoms with Crippen LogP contribution in [0.15, 0.2) is 91.0 Å². The van der Waals surface area contributed by atoms with Crippen LogP contribution in [0.5, 0.6) is 0 Å². The summed E-state index contributed by atoms with van der Waals surface area (Å²) in [5.41, 5.74) is 4.24. The lowest BCUT2D eigenvalue weighted by Gasteiger charge is -2.23. The van der Waals surface area contributed by atoms with Crippen LogP contribution < -0.4 is 5.32 Å². The van der Waals surface area contributed by atoms with Gasteiger partial charge in [-0.1, -0.05) is 91.0 Å². The first-order valence-corrected chi connectivity index (χ1v) is 10.4. The number of hydrogen-bond acceptors (Lipinski definition) is 2. The number of hydrogen-bond donors (Lipinski definition) is 1. The van der Waals surface area contributed by atoms with Crippen molar-refractivity contribution in [2.24, 2.45) is 0 Å². The fraction of sp³-hybridized carbons (Fsp3) is 0.308. The predicted octanol–water partition coefficient (Wildman–Crippen LogP) is 4.61. The molecular weight excluding hydrogens is 340 g/mol. The minimum atomic E-state index is 1.04. The Bertz CT molecular complexity index is 713. The van der Waals surface area contributed by atoms with Crippen LogP contribution in [-0.4, -0.2) is 37.6 Å². The maximum Gasteiger partial charge on any atom is 0.0107 e. The summed E-state index contributed by atoms with van der Waals surface area (Å²) < 4.78 is 0. The van der Waals surface area contributed by atoms with E-state index in [0.717, 1.165) is 52.0 Å². The van der Waals surface area contributed by atoms with E-state index in [9.17, 15) is 0 Å². The summed E-state index contributed by atoms with van der Waals surface area (Å²) in [5.74, 6) is 0. The van der Waals surface area contributed by atoms with Crippen LogP contribution in [-0.2, 0) is 19.3 Å². The first-order valence-electron chi connectivity index (χ1n) is 10.4. The SMILES string of the molecule is c1ccc(CCNCCN(CCc2ccccc2)CCc2ccccc2)cc1. The normalized spacial score (nSPS) is 11.0. The lowest BCUT2D eigenvalue weighted by molar-refractivity contribution is 0.280. The molecule has 3 rings (SSSR count). The lowest BCUT2D eigenvalue weighted by atomic mass is 10.1. The van der Waals surface area contributed by atoms with Crippen molar-refractivity contribution < 1.29 is 0 Å². The Balaban J connectivity index is 1.42. The molecule has 28 heavy (non-hydrogen) atoms. The molecule has 0 amide bonds. The van der Waals surface area contributed by atoms with Gasteiger partial charge in [0, 0.05) is 26.2 Å². The Labute approximate surface area is 170 Å². The molecule has 0 spiro atoms. The largest absolute Gasteiger partial charge is 0.315 e. The monoisotopic (exact) mass is 372 g/mol. The van der Waals surface area contributed by atoms with Gasteiger partial charge in [0.1, 0.15) is 0 Å². The van der Waals surface area contributed by atoms with Crippen LogP contribution in [0.3, 0.4) is 0 Å². The van der Waals surface area contributed by atoms with Gasteiger partial charge in [0.2, 0.25) is 0 Å². The van der Waals surface area contributed by atoms with Crippen molar-refractivity contribution in [3.8, 4) is 0 Å². The molecule has 3 aromatic rings. The smallest absolute Gasteiger partial charge is 0.0107 e. The average molecular weight is 373 g/mol. The molecule has 0 saturated heterocycles. The van der Waals surface area contributed by atoms with Crippen molar-refractivity contribution in [1.82, 2.24) is 10.2 Å². The zero-order chi connectivity index (χ0) is 19.3. The zero-order valence-corrected chi connectivity index (χ0v) is 16.8. The summed E-state index contributed by atoms with van der Waals surface area (Å²) in [5, 5.41) is 3.62. The van der Waals surface area contributed by atoms with Gasteiger partial charge in [-0.05, 0) is 42.5 Å². The summed E-state index contributed by atoms with van der Waals surface area (Å²) in [6, 6.07) is 32.3. The highest BCUT2D eigenvalue weighted by Gasteiger charge is 2.06. The third-order valence-electron chi connectivity index (χ3n) is 5.16. The summed E-state index contributed by atoms with van der Waals surface area (Å²) in [6.45, 7) is 5.38. The highest BCUT2D eigenvalue weighted by atomic mass is 15.1. The Kier molecular flexibility index (Phi) is 8.79. The molecule has 2 nitrogen and oxygen atoms in total. The van der Waals surface area contributed by atoms with Crippen molar-refractivity contribution in [2.75, 3.05) is 32.7 Å². The first-order chi connectivity index (χ1) is 13.9. The first kappa shape index (κ1) is 20.3. The van der Waals surface area contributed by atoms with Crippen LogP contribution in [0.2, 0.25) is 0 Å². The van der Waals surface area contributed by atoms with Gasteiger partial charge in [-0.15, -0.1) is 0 Å². The van der Waals surface area contributed by atoms with E-state index in [-0.39, 0.29) is 0 Å².